The van der Waals surface area contributed by atoms with Gasteiger partial charge in [0, 0.05) is 26.7 Å². The minimum absolute atomic E-state index is 0.0469. The maximum Gasteiger partial charge on any atom is 0.284 e. The fraction of sp³-hybridized carbons (Fsp3) is 0.727. The average molecular weight is 269 g/mol. The Morgan fingerprint density at radius 1 is 1.61 bits per heavy atom. The normalized spacial score (nSPS) is 20.1. The van der Waals surface area contributed by atoms with Crippen molar-refractivity contribution in [1.82, 2.24) is 20.0 Å². The molecule has 1 fully saturated rings. The number of anilines is 1. The largest absolute Gasteiger partial charge is 0.363 e. The maximum atomic E-state index is 12.2. The van der Waals surface area contributed by atoms with Crippen molar-refractivity contribution in [3.05, 3.63) is 5.01 Å². The van der Waals surface area contributed by atoms with Crippen LogP contribution in [0, 0.1) is 0 Å². The zero-order chi connectivity index (χ0) is 13.1. The highest BCUT2D eigenvalue weighted by Gasteiger charge is 2.25. The summed E-state index contributed by atoms with van der Waals surface area (Å²) < 4.78 is 0. The first-order chi connectivity index (χ1) is 8.61. The number of amides is 1. The molecule has 1 saturated heterocycles. The van der Waals surface area contributed by atoms with Crippen LogP contribution < -0.4 is 5.32 Å². The van der Waals surface area contributed by atoms with Gasteiger partial charge >= 0.3 is 0 Å². The Balaban J connectivity index is 1.95. The Hall–Kier alpha value is -1.21. The molecule has 1 amide bonds. The van der Waals surface area contributed by atoms with Gasteiger partial charge in [0.05, 0.1) is 0 Å². The van der Waals surface area contributed by atoms with Gasteiger partial charge in [-0.2, -0.15) is 0 Å². The summed E-state index contributed by atoms with van der Waals surface area (Å²) in [4.78, 5) is 16.2. The monoisotopic (exact) mass is 269 g/mol. The molecule has 0 bridgehead atoms. The van der Waals surface area contributed by atoms with Crippen molar-refractivity contribution in [2.45, 2.75) is 18.9 Å². The summed E-state index contributed by atoms with van der Waals surface area (Å²) in [7, 11) is 5.71. The van der Waals surface area contributed by atoms with Crippen LogP contribution in [0.15, 0.2) is 0 Å². The summed E-state index contributed by atoms with van der Waals surface area (Å²) >= 11 is 1.29. The first-order valence-electron chi connectivity index (χ1n) is 6.08. The molecule has 0 saturated carbocycles. The molecule has 0 aromatic carbocycles. The third-order valence-corrected chi connectivity index (χ3v) is 4.25. The molecule has 1 aromatic heterocycles. The maximum absolute atomic E-state index is 12.2. The highest BCUT2D eigenvalue weighted by atomic mass is 32.1. The van der Waals surface area contributed by atoms with E-state index in [9.17, 15) is 4.79 Å². The molecule has 18 heavy (non-hydrogen) atoms. The molecule has 0 spiro atoms. The lowest BCUT2D eigenvalue weighted by Gasteiger charge is -2.25. The fourth-order valence-corrected chi connectivity index (χ4v) is 2.87. The van der Waals surface area contributed by atoms with E-state index in [2.05, 4.69) is 27.5 Å². The molecule has 0 radical (unpaired) electrons. The van der Waals surface area contributed by atoms with Crippen LogP contribution in [0.3, 0.4) is 0 Å². The van der Waals surface area contributed by atoms with E-state index in [1.165, 1.54) is 17.8 Å². The smallest absolute Gasteiger partial charge is 0.284 e. The van der Waals surface area contributed by atoms with Crippen LogP contribution in [-0.2, 0) is 0 Å². The first-order valence-corrected chi connectivity index (χ1v) is 6.90. The Labute approximate surface area is 111 Å². The van der Waals surface area contributed by atoms with Gasteiger partial charge in [-0.1, -0.05) is 11.3 Å². The predicted molar refractivity (Wildman–Crippen MR) is 72.1 cm³/mol. The van der Waals surface area contributed by atoms with Crippen molar-refractivity contribution >= 4 is 22.4 Å². The Morgan fingerprint density at radius 3 is 2.94 bits per heavy atom. The van der Waals surface area contributed by atoms with E-state index in [-0.39, 0.29) is 5.91 Å². The molecule has 1 unspecified atom stereocenters. The summed E-state index contributed by atoms with van der Waals surface area (Å²) in [5.41, 5.74) is 0. The van der Waals surface area contributed by atoms with Crippen LogP contribution in [0.1, 0.15) is 22.6 Å². The van der Waals surface area contributed by atoms with Crippen LogP contribution in [-0.4, -0.2) is 66.2 Å². The van der Waals surface area contributed by atoms with Gasteiger partial charge in [0.1, 0.15) is 0 Å². The molecule has 6 nitrogen and oxygen atoms in total. The molecule has 1 aromatic rings. The van der Waals surface area contributed by atoms with E-state index in [1.807, 2.05) is 7.05 Å². The lowest BCUT2D eigenvalue weighted by molar-refractivity contribution is 0.0760. The number of aromatic nitrogens is 2. The quantitative estimate of drug-likeness (QED) is 0.874. The van der Waals surface area contributed by atoms with Crippen molar-refractivity contribution < 1.29 is 4.79 Å². The second-order valence-electron chi connectivity index (χ2n) is 4.62. The van der Waals surface area contributed by atoms with Crippen LogP contribution in [0.25, 0.3) is 0 Å². The van der Waals surface area contributed by atoms with Gasteiger partial charge in [0.25, 0.3) is 5.91 Å². The van der Waals surface area contributed by atoms with Crippen LogP contribution in [0.4, 0.5) is 5.13 Å². The van der Waals surface area contributed by atoms with E-state index in [1.54, 1.807) is 11.9 Å². The minimum Gasteiger partial charge on any atom is -0.363 e. The zero-order valence-corrected chi connectivity index (χ0v) is 11.8. The standard InChI is InChI=1S/C11H19N5OS/c1-12-11-14-13-9(18-11)10(17)16(3)7-8-5-4-6-15(8)2/h8H,4-7H2,1-3H3,(H,12,14). The van der Waals surface area contributed by atoms with E-state index >= 15 is 0 Å². The molecule has 7 heteroatoms. The highest BCUT2D eigenvalue weighted by molar-refractivity contribution is 7.17. The Bertz CT molecular complexity index is 421. The summed E-state index contributed by atoms with van der Waals surface area (Å²) in [6, 6.07) is 0.468. The van der Waals surface area contributed by atoms with Gasteiger partial charge in [0.2, 0.25) is 10.1 Å². The van der Waals surface area contributed by atoms with Crippen molar-refractivity contribution in [2.75, 3.05) is 39.5 Å². The van der Waals surface area contributed by atoms with Crippen LogP contribution in [0.5, 0.6) is 0 Å². The topological polar surface area (TPSA) is 61.4 Å². The number of hydrogen-bond donors (Lipinski definition) is 1. The van der Waals surface area contributed by atoms with Gasteiger partial charge in [-0.15, -0.1) is 10.2 Å². The molecule has 1 N–H and O–H groups in total. The van der Waals surface area contributed by atoms with E-state index in [0.717, 1.165) is 19.5 Å². The molecule has 1 atom stereocenters. The molecule has 2 heterocycles. The van der Waals surface area contributed by atoms with Gasteiger partial charge < -0.3 is 15.1 Å². The van der Waals surface area contributed by atoms with E-state index in [4.69, 9.17) is 0 Å². The molecule has 1 aliphatic rings. The van der Waals surface area contributed by atoms with Crippen molar-refractivity contribution in [2.24, 2.45) is 0 Å². The molecule has 2 rings (SSSR count). The lowest BCUT2D eigenvalue weighted by atomic mass is 10.2. The van der Waals surface area contributed by atoms with Gasteiger partial charge in [-0.25, -0.2) is 0 Å². The summed E-state index contributed by atoms with van der Waals surface area (Å²) in [6.07, 6.45) is 2.37. The van der Waals surface area contributed by atoms with Crippen molar-refractivity contribution in [1.29, 1.82) is 0 Å². The van der Waals surface area contributed by atoms with Crippen molar-refractivity contribution in [3.8, 4) is 0 Å². The Kier molecular flexibility index (Phi) is 4.13. The Morgan fingerprint density at radius 2 is 2.39 bits per heavy atom. The minimum atomic E-state index is -0.0469. The number of hydrogen-bond acceptors (Lipinski definition) is 6. The van der Waals surface area contributed by atoms with Gasteiger partial charge in [-0.3, -0.25) is 4.79 Å². The predicted octanol–water partition coefficient (Wildman–Crippen LogP) is 0.746. The number of nitrogens with zero attached hydrogens (tertiary/aromatic N) is 4. The average Bonchev–Trinajstić information content (AvgIpc) is 2.98. The third-order valence-electron chi connectivity index (χ3n) is 3.32. The second-order valence-corrected chi connectivity index (χ2v) is 5.60. The first kappa shape index (κ1) is 13.2. The summed E-state index contributed by atoms with van der Waals surface area (Å²) in [5, 5.41) is 11.8. The number of carbonyl (C=O) groups is 1. The van der Waals surface area contributed by atoms with E-state index in [0.29, 0.717) is 16.2 Å². The summed E-state index contributed by atoms with van der Waals surface area (Å²) in [6.45, 7) is 1.87. The number of rotatable bonds is 4. The van der Waals surface area contributed by atoms with Crippen LogP contribution >= 0.6 is 11.3 Å². The number of carbonyl (C=O) groups excluding carboxylic acids is 1. The zero-order valence-electron chi connectivity index (χ0n) is 11.0. The molecule has 1 aliphatic heterocycles. The molecular formula is C11H19N5OS. The molecule has 0 aliphatic carbocycles. The van der Waals surface area contributed by atoms with Crippen LogP contribution in [0.2, 0.25) is 0 Å². The highest BCUT2D eigenvalue weighted by Crippen LogP contribution is 2.18. The van der Waals surface area contributed by atoms with E-state index < -0.39 is 0 Å². The lowest BCUT2D eigenvalue weighted by Crippen LogP contribution is -2.39. The number of nitrogens with one attached hydrogen (secondary N) is 1. The summed E-state index contributed by atoms with van der Waals surface area (Å²) in [5.74, 6) is -0.0469. The molecular weight excluding hydrogens is 250 g/mol. The fourth-order valence-electron chi connectivity index (χ4n) is 2.18. The van der Waals surface area contributed by atoms with Gasteiger partial charge in [-0.05, 0) is 26.4 Å². The second kappa shape index (κ2) is 5.62. The van der Waals surface area contributed by atoms with Crippen molar-refractivity contribution in [3.63, 3.8) is 0 Å². The van der Waals surface area contributed by atoms with Gasteiger partial charge in [0.15, 0.2) is 0 Å². The molecule has 100 valence electrons. The SMILES string of the molecule is CNc1nnc(C(=O)N(C)CC2CCCN2C)s1. The number of likely N-dealkylation sites (tertiary alicyclic amines) is 1. The number of likely N-dealkylation sites (N-methyl/N-ethyl adjacent to an activating group) is 2. The third kappa shape index (κ3) is 2.78.